The molecule has 0 atom stereocenters. The van der Waals surface area contributed by atoms with E-state index in [2.05, 4.69) is 4.74 Å². The molecule has 22 heavy (non-hydrogen) atoms. The van der Waals surface area contributed by atoms with Crippen molar-refractivity contribution in [2.75, 3.05) is 18.6 Å². The monoisotopic (exact) mass is 342 g/mol. The molecule has 0 aliphatic rings. The van der Waals surface area contributed by atoms with E-state index >= 15 is 0 Å². The van der Waals surface area contributed by atoms with Crippen LogP contribution < -0.4 is 11.5 Å². The third-order valence-corrected chi connectivity index (χ3v) is 5.32. The van der Waals surface area contributed by atoms with Gasteiger partial charge in [0.25, 0.3) is 0 Å². The Kier molecular flexibility index (Phi) is 5.95. The van der Waals surface area contributed by atoms with Gasteiger partial charge in [-0.25, -0.2) is 9.59 Å². The summed E-state index contributed by atoms with van der Waals surface area (Å²) in [4.78, 5) is 23.2. The van der Waals surface area contributed by atoms with Gasteiger partial charge in [0.15, 0.2) is 0 Å². The topological polar surface area (TPSA) is 116 Å². The molecule has 2 heterocycles. The Bertz CT molecular complexity index is 704. The van der Waals surface area contributed by atoms with Crippen LogP contribution >= 0.6 is 22.7 Å². The summed E-state index contributed by atoms with van der Waals surface area (Å²) in [5, 5.41) is 10.5. The van der Waals surface area contributed by atoms with Gasteiger partial charge in [-0.15, -0.1) is 22.7 Å². The first-order valence-corrected chi connectivity index (χ1v) is 7.90. The third-order valence-electron chi connectivity index (χ3n) is 3.02. The highest BCUT2D eigenvalue weighted by molar-refractivity contribution is 7.14. The third kappa shape index (κ3) is 3.77. The van der Waals surface area contributed by atoms with E-state index in [1.165, 1.54) is 29.8 Å². The van der Waals surface area contributed by atoms with Crippen molar-refractivity contribution in [1.82, 2.24) is 0 Å². The van der Waals surface area contributed by atoms with Gasteiger partial charge in [-0.05, 0) is 37.3 Å². The number of nitrogen functional groups attached to an aromatic ring is 2. The first-order valence-electron chi connectivity index (χ1n) is 6.21. The van der Waals surface area contributed by atoms with Crippen molar-refractivity contribution in [3.8, 4) is 0 Å². The van der Waals surface area contributed by atoms with Gasteiger partial charge in [0, 0.05) is 4.88 Å². The number of nitrogens with two attached hydrogens (primary N) is 2. The summed E-state index contributed by atoms with van der Waals surface area (Å²) < 4.78 is 4.52. The zero-order chi connectivity index (χ0) is 17.0. The summed E-state index contributed by atoms with van der Waals surface area (Å²) in [6.07, 6.45) is 0. The van der Waals surface area contributed by atoms with E-state index in [1.54, 1.807) is 0 Å². The minimum Gasteiger partial charge on any atom is -0.477 e. The number of anilines is 2. The van der Waals surface area contributed by atoms with Gasteiger partial charge in [0.1, 0.15) is 9.75 Å². The molecule has 6 nitrogen and oxygen atoms in total. The van der Waals surface area contributed by atoms with Gasteiger partial charge in [0.05, 0.1) is 18.5 Å². The minimum absolute atomic E-state index is 0.250. The second kappa shape index (κ2) is 7.28. The molecule has 0 aliphatic carbocycles. The maximum Gasteiger partial charge on any atom is 0.350 e. The number of rotatable bonds is 2. The summed E-state index contributed by atoms with van der Waals surface area (Å²) in [5.41, 5.74) is 13.9. The van der Waals surface area contributed by atoms with Gasteiger partial charge in [-0.1, -0.05) is 0 Å². The molecular weight excluding hydrogens is 324 g/mol. The van der Waals surface area contributed by atoms with Crippen molar-refractivity contribution >= 4 is 46.0 Å². The molecule has 0 saturated heterocycles. The molecule has 0 spiro atoms. The molecule has 2 rings (SSSR count). The standard InChI is InChI=1S/2C7H9NO2S/c1-4-3-11-6(5(4)8)7(9)10-2;1-3-4(2)11-6(5(3)8)7(9)10/h3H,8H2,1-2H3;8H2,1-2H3,(H,9,10). The number of aromatic carboxylic acids is 1. The Morgan fingerprint density at radius 3 is 2.00 bits per heavy atom. The quantitative estimate of drug-likeness (QED) is 0.722. The highest BCUT2D eigenvalue weighted by Gasteiger charge is 2.14. The molecule has 0 bridgehead atoms. The number of carbonyl (C=O) groups excluding carboxylic acids is 1. The second-order valence-corrected chi connectivity index (χ2v) is 6.59. The van der Waals surface area contributed by atoms with Gasteiger partial charge < -0.3 is 21.3 Å². The molecule has 8 heteroatoms. The molecule has 0 amide bonds. The van der Waals surface area contributed by atoms with Crippen LogP contribution in [0.3, 0.4) is 0 Å². The van der Waals surface area contributed by atoms with E-state index in [1.807, 2.05) is 26.2 Å². The molecule has 0 fully saturated rings. The summed E-state index contributed by atoms with van der Waals surface area (Å²) >= 11 is 2.53. The van der Waals surface area contributed by atoms with Crippen LogP contribution in [-0.2, 0) is 4.74 Å². The lowest BCUT2D eigenvalue weighted by atomic mass is 10.2. The molecule has 0 radical (unpaired) electrons. The van der Waals surface area contributed by atoms with Gasteiger partial charge in [-0.3, -0.25) is 0 Å². The summed E-state index contributed by atoms with van der Waals surface area (Å²) in [5.74, 6) is -1.30. The highest BCUT2D eigenvalue weighted by Crippen LogP contribution is 2.29. The van der Waals surface area contributed by atoms with Gasteiger partial charge in [0.2, 0.25) is 0 Å². The van der Waals surface area contributed by atoms with Crippen molar-refractivity contribution in [1.29, 1.82) is 0 Å². The van der Waals surface area contributed by atoms with E-state index in [0.717, 1.165) is 16.0 Å². The van der Waals surface area contributed by atoms with E-state index in [0.29, 0.717) is 16.3 Å². The Labute approximate surface area is 136 Å². The Hall–Kier alpha value is -2.06. The van der Waals surface area contributed by atoms with E-state index < -0.39 is 5.97 Å². The predicted octanol–water partition coefficient (Wildman–Crippen LogP) is 3.07. The van der Waals surface area contributed by atoms with Crippen LogP contribution in [0, 0.1) is 20.8 Å². The highest BCUT2D eigenvalue weighted by atomic mass is 32.1. The zero-order valence-corrected chi connectivity index (χ0v) is 14.4. The predicted molar refractivity (Wildman–Crippen MR) is 90.0 cm³/mol. The Morgan fingerprint density at radius 2 is 1.73 bits per heavy atom. The van der Waals surface area contributed by atoms with Crippen LogP contribution in [-0.4, -0.2) is 24.2 Å². The number of hydrogen-bond acceptors (Lipinski definition) is 7. The number of carbonyl (C=O) groups is 2. The molecule has 0 unspecified atom stereocenters. The molecule has 0 aromatic carbocycles. The van der Waals surface area contributed by atoms with Crippen molar-refractivity contribution in [3.63, 3.8) is 0 Å². The van der Waals surface area contributed by atoms with Crippen LogP contribution in [0.25, 0.3) is 0 Å². The lowest BCUT2D eigenvalue weighted by Gasteiger charge is -1.96. The van der Waals surface area contributed by atoms with Crippen LogP contribution in [0.15, 0.2) is 5.38 Å². The normalized spacial score (nSPS) is 9.82. The number of carboxylic acids is 1. The number of thiophene rings is 2. The fourth-order valence-corrected chi connectivity index (χ4v) is 3.32. The number of esters is 1. The summed E-state index contributed by atoms with van der Waals surface area (Å²) in [7, 11) is 1.34. The Morgan fingerprint density at radius 1 is 1.14 bits per heavy atom. The maximum absolute atomic E-state index is 11.0. The number of aryl methyl sites for hydroxylation is 2. The lowest BCUT2D eigenvalue weighted by molar-refractivity contribution is 0.0606. The first kappa shape index (κ1) is 18.0. The number of carboxylic acid groups (broad SMARTS) is 1. The Balaban J connectivity index is 0.000000220. The molecular formula is C14H18N2O4S2. The van der Waals surface area contributed by atoms with Gasteiger partial charge >= 0.3 is 11.9 Å². The first-order chi connectivity index (χ1) is 10.2. The largest absolute Gasteiger partial charge is 0.477 e. The molecule has 2 aromatic heterocycles. The number of ether oxygens (including phenoxy) is 1. The van der Waals surface area contributed by atoms with Crippen molar-refractivity contribution < 1.29 is 19.4 Å². The van der Waals surface area contributed by atoms with Crippen LogP contribution in [0.5, 0.6) is 0 Å². The van der Waals surface area contributed by atoms with Crippen molar-refractivity contribution in [2.45, 2.75) is 20.8 Å². The minimum atomic E-state index is -0.941. The van der Waals surface area contributed by atoms with Gasteiger partial charge in [-0.2, -0.15) is 0 Å². The lowest BCUT2D eigenvalue weighted by Crippen LogP contribution is -2.01. The van der Waals surface area contributed by atoms with Crippen molar-refractivity contribution in [3.05, 3.63) is 31.1 Å². The number of methoxy groups -OCH3 is 1. The smallest absolute Gasteiger partial charge is 0.350 e. The summed E-state index contributed by atoms with van der Waals surface area (Å²) in [6.45, 7) is 5.55. The van der Waals surface area contributed by atoms with E-state index in [9.17, 15) is 9.59 Å². The van der Waals surface area contributed by atoms with E-state index in [-0.39, 0.29) is 10.8 Å². The molecule has 5 N–H and O–H groups in total. The summed E-state index contributed by atoms with van der Waals surface area (Å²) in [6, 6.07) is 0. The SMILES string of the molecule is COC(=O)c1scc(C)c1N.Cc1sc(C(=O)O)c(N)c1C. The molecule has 2 aromatic rings. The second-order valence-electron chi connectivity index (χ2n) is 4.48. The molecule has 120 valence electrons. The van der Waals surface area contributed by atoms with E-state index in [4.69, 9.17) is 16.6 Å². The molecule has 0 aliphatic heterocycles. The fourth-order valence-electron chi connectivity index (χ4n) is 1.51. The van der Waals surface area contributed by atoms with Crippen LogP contribution in [0.2, 0.25) is 0 Å². The fraction of sp³-hybridized carbons (Fsp3) is 0.286. The zero-order valence-electron chi connectivity index (χ0n) is 12.7. The number of hydrogen-bond donors (Lipinski definition) is 3. The average molecular weight is 342 g/mol. The molecule has 0 saturated carbocycles. The maximum atomic E-state index is 11.0. The van der Waals surface area contributed by atoms with Crippen LogP contribution in [0.4, 0.5) is 11.4 Å². The van der Waals surface area contributed by atoms with Crippen molar-refractivity contribution in [2.24, 2.45) is 0 Å². The average Bonchev–Trinajstić information content (AvgIpc) is 2.94. The van der Waals surface area contributed by atoms with Crippen LogP contribution in [0.1, 0.15) is 35.3 Å².